The zero-order valence-electron chi connectivity index (χ0n) is 15.5. The summed E-state index contributed by atoms with van der Waals surface area (Å²) in [5, 5.41) is 11.5. The van der Waals surface area contributed by atoms with Crippen LogP contribution in [0.3, 0.4) is 0 Å². The molecule has 0 aliphatic heterocycles. The van der Waals surface area contributed by atoms with Gasteiger partial charge in [0.1, 0.15) is 11.9 Å². The van der Waals surface area contributed by atoms with Crippen LogP contribution in [-0.4, -0.2) is 16.7 Å². The zero-order valence-corrected chi connectivity index (χ0v) is 15.5. The van der Waals surface area contributed by atoms with Gasteiger partial charge in [0.25, 0.3) is 0 Å². The monoisotopic (exact) mass is 334 g/mol. The molecule has 0 unspecified atom stereocenters. The van der Waals surface area contributed by atoms with Crippen LogP contribution < -0.4 is 0 Å². The molecule has 1 aromatic heterocycles. The van der Waals surface area contributed by atoms with E-state index in [-0.39, 0.29) is 17.8 Å². The highest BCUT2D eigenvalue weighted by atomic mass is 16.5. The highest BCUT2D eigenvalue weighted by molar-refractivity contribution is 5.72. The summed E-state index contributed by atoms with van der Waals surface area (Å²) in [5.74, 6) is 0.729. The Hall–Kier alpha value is -1.29. The van der Waals surface area contributed by atoms with E-state index in [1.165, 1.54) is 0 Å². The number of esters is 1. The Bertz CT molecular complexity index is 634. The molecule has 0 bridgehead atoms. The summed E-state index contributed by atoms with van der Waals surface area (Å²) in [5.41, 5.74) is 0.610. The molecule has 1 heterocycles. The lowest BCUT2D eigenvalue weighted by atomic mass is 9.51. The number of aliphatic hydroxyl groups is 1. The second-order valence-corrected chi connectivity index (χ2v) is 8.17. The second kappa shape index (κ2) is 5.91. The SMILES string of the molecule is CC[C@@H](C)C(=O)O[C@@H]1c2c(C)coc2C[C@@]2(O)CCC[C@H](C)[C@@]12C. The topological polar surface area (TPSA) is 59.7 Å². The van der Waals surface area contributed by atoms with Crippen molar-refractivity contribution in [1.82, 2.24) is 0 Å². The average Bonchev–Trinajstić information content (AvgIpc) is 2.89. The van der Waals surface area contributed by atoms with Gasteiger partial charge in [0.2, 0.25) is 0 Å². The van der Waals surface area contributed by atoms with E-state index in [9.17, 15) is 9.90 Å². The van der Waals surface area contributed by atoms with E-state index in [1.54, 1.807) is 6.26 Å². The molecule has 5 atom stereocenters. The molecule has 2 aliphatic carbocycles. The van der Waals surface area contributed by atoms with Crippen molar-refractivity contribution in [3.05, 3.63) is 23.2 Å². The second-order valence-electron chi connectivity index (χ2n) is 8.17. The number of hydrogen-bond acceptors (Lipinski definition) is 4. The van der Waals surface area contributed by atoms with Gasteiger partial charge in [0.15, 0.2) is 0 Å². The van der Waals surface area contributed by atoms with Crippen LogP contribution in [0, 0.1) is 24.2 Å². The molecule has 1 fully saturated rings. The predicted molar refractivity (Wildman–Crippen MR) is 91.5 cm³/mol. The molecular formula is C20H30O4. The van der Waals surface area contributed by atoms with Gasteiger partial charge in [-0.3, -0.25) is 4.79 Å². The summed E-state index contributed by atoms with van der Waals surface area (Å²) in [6, 6.07) is 0. The van der Waals surface area contributed by atoms with E-state index in [0.29, 0.717) is 6.42 Å². The van der Waals surface area contributed by atoms with Crippen LogP contribution in [0.5, 0.6) is 0 Å². The molecule has 134 valence electrons. The number of rotatable bonds is 3. The van der Waals surface area contributed by atoms with Crippen LogP contribution in [0.15, 0.2) is 10.7 Å². The fourth-order valence-corrected chi connectivity index (χ4v) is 4.65. The molecule has 0 spiro atoms. The summed E-state index contributed by atoms with van der Waals surface area (Å²) in [4.78, 5) is 12.6. The number of ether oxygens (including phenoxy) is 1. The van der Waals surface area contributed by atoms with Crippen molar-refractivity contribution in [1.29, 1.82) is 0 Å². The Kier molecular flexibility index (Phi) is 4.31. The largest absolute Gasteiger partial charge is 0.469 e. The van der Waals surface area contributed by atoms with E-state index in [1.807, 2.05) is 20.8 Å². The van der Waals surface area contributed by atoms with E-state index in [2.05, 4.69) is 13.8 Å². The molecule has 1 N–H and O–H groups in total. The van der Waals surface area contributed by atoms with Crippen LogP contribution in [-0.2, 0) is 16.0 Å². The Morgan fingerprint density at radius 3 is 2.92 bits per heavy atom. The molecule has 3 rings (SSSR count). The number of carbonyl (C=O) groups excluding carboxylic acids is 1. The Morgan fingerprint density at radius 1 is 1.54 bits per heavy atom. The number of hydrogen-bond donors (Lipinski definition) is 1. The lowest BCUT2D eigenvalue weighted by Gasteiger charge is -2.57. The molecule has 24 heavy (non-hydrogen) atoms. The number of furan rings is 1. The normalized spacial score (nSPS) is 36.6. The standard InChI is InChI=1S/C20H30O4/c1-6-12(2)18(21)24-17-16-13(3)11-23-15(16)10-20(22)9-7-8-14(4)19(17,20)5/h11-12,14,17,22H,6-10H2,1-5H3/t12-,14+,17-,19+,20+/m1/s1. The quantitative estimate of drug-likeness (QED) is 0.836. The van der Waals surface area contributed by atoms with Gasteiger partial charge in [-0.1, -0.05) is 34.1 Å². The van der Waals surface area contributed by atoms with Crippen molar-refractivity contribution in [2.45, 2.75) is 78.4 Å². The highest BCUT2D eigenvalue weighted by Crippen LogP contribution is 2.61. The Labute approximate surface area is 144 Å². The minimum Gasteiger partial charge on any atom is -0.469 e. The minimum absolute atomic E-state index is 0.141. The van der Waals surface area contributed by atoms with E-state index >= 15 is 0 Å². The third kappa shape index (κ3) is 2.33. The van der Waals surface area contributed by atoms with Gasteiger partial charge in [-0.2, -0.15) is 0 Å². The highest BCUT2D eigenvalue weighted by Gasteiger charge is 2.62. The van der Waals surface area contributed by atoms with Crippen LogP contribution in [0.25, 0.3) is 0 Å². The molecule has 1 aromatic rings. The Morgan fingerprint density at radius 2 is 2.25 bits per heavy atom. The molecule has 0 amide bonds. The van der Waals surface area contributed by atoms with Crippen molar-refractivity contribution in [2.75, 3.05) is 0 Å². The first-order valence-electron chi connectivity index (χ1n) is 9.24. The molecule has 0 saturated heterocycles. The number of aryl methyl sites for hydroxylation is 1. The maximum atomic E-state index is 12.6. The summed E-state index contributed by atoms with van der Waals surface area (Å²) >= 11 is 0. The third-order valence-electron chi connectivity index (χ3n) is 6.87. The first kappa shape index (κ1) is 17.5. The minimum atomic E-state index is -0.887. The van der Waals surface area contributed by atoms with Gasteiger partial charge in [-0.05, 0) is 37.7 Å². The van der Waals surface area contributed by atoms with Gasteiger partial charge in [0.05, 0.1) is 17.8 Å². The fraction of sp³-hybridized carbons (Fsp3) is 0.750. The first-order chi connectivity index (χ1) is 11.2. The van der Waals surface area contributed by atoms with Crippen molar-refractivity contribution in [3.8, 4) is 0 Å². The summed E-state index contributed by atoms with van der Waals surface area (Å²) in [6.45, 7) is 10.2. The predicted octanol–water partition coefficient (Wildman–Crippen LogP) is 4.33. The summed E-state index contributed by atoms with van der Waals surface area (Å²) in [6.07, 6.45) is 5.31. The van der Waals surface area contributed by atoms with Gasteiger partial charge >= 0.3 is 5.97 Å². The molecular weight excluding hydrogens is 304 g/mol. The lowest BCUT2D eigenvalue weighted by Crippen LogP contribution is -2.60. The van der Waals surface area contributed by atoms with E-state index in [4.69, 9.17) is 9.15 Å². The molecule has 0 aromatic carbocycles. The van der Waals surface area contributed by atoms with Crippen molar-refractivity contribution < 1.29 is 19.1 Å². The van der Waals surface area contributed by atoms with Crippen molar-refractivity contribution in [2.24, 2.45) is 17.3 Å². The fourth-order valence-electron chi connectivity index (χ4n) is 4.65. The third-order valence-corrected chi connectivity index (χ3v) is 6.87. The summed E-state index contributed by atoms with van der Waals surface area (Å²) < 4.78 is 11.8. The van der Waals surface area contributed by atoms with Crippen molar-refractivity contribution in [3.63, 3.8) is 0 Å². The van der Waals surface area contributed by atoms with Crippen LogP contribution in [0.1, 0.15) is 76.4 Å². The van der Waals surface area contributed by atoms with Gasteiger partial charge in [-0.15, -0.1) is 0 Å². The maximum absolute atomic E-state index is 12.6. The smallest absolute Gasteiger partial charge is 0.309 e. The van der Waals surface area contributed by atoms with Crippen LogP contribution >= 0.6 is 0 Å². The van der Waals surface area contributed by atoms with E-state index < -0.39 is 17.1 Å². The number of fused-ring (bicyclic) bond motifs is 2. The average molecular weight is 334 g/mol. The lowest BCUT2D eigenvalue weighted by molar-refractivity contribution is -0.214. The van der Waals surface area contributed by atoms with E-state index in [0.717, 1.165) is 42.6 Å². The zero-order chi connectivity index (χ0) is 17.7. The Balaban J connectivity index is 2.10. The molecule has 0 radical (unpaired) electrons. The van der Waals surface area contributed by atoms with Gasteiger partial charge < -0.3 is 14.3 Å². The molecule has 4 heteroatoms. The van der Waals surface area contributed by atoms with Crippen LogP contribution in [0.4, 0.5) is 0 Å². The summed E-state index contributed by atoms with van der Waals surface area (Å²) in [7, 11) is 0. The molecule has 4 nitrogen and oxygen atoms in total. The molecule has 1 saturated carbocycles. The first-order valence-corrected chi connectivity index (χ1v) is 9.24. The van der Waals surface area contributed by atoms with Crippen molar-refractivity contribution >= 4 is 5.97 Å². The van der Waals surface area contributed by atoms with Gasteiger partial charge in [-0.25, -0.2) is 0 Å². The van der Waals surface area contributed by atoms with Gasteiger partial charge in [0, 0.05) is 17.4 Å². The van der Waals surface area contributed by atoms with Crippen LogP contribution in [0.2, 0.25) is 0 Å². The number of carbonyl (C=O) groups is 1. The molecule has 2 aliphatic rings. The maximum Gasteiger partial charge on any atom is 0.309 e.